The predicted molar refractivity (Wildman–Crippen MR) is 96.0 cm³/mol. The summed E-state index contributed by atoms with van der Waals surface area (Å²) in [4.78, 5) is 12.1. The van der Waals surface area contributed by atoms with Gasteiger partial charge in [0, 0.05) is 17.0 Å². The summed E-state index contributed by atoms with van der Waals surface area (Å²) >= 11 is 1.57. The summed E-state index contributed by atoms with van der Waals surface area (Å²) in [5, 5.41) is 19.2. The molecule has 0 atom stereocenters. The fraction of sp³-hybridized carbons (Fsp3) is 0.111. The monoisotopic (exact) mass is 385 g/mol. The molecule has 4 aromatic rings. The van der Waals surface area contributed by atoms with E-state index >= 15 is 0 Å². The smallest absolute Gasteiger partial charge is 0.224 e. The van der Waals surface area contributed by atoms with Crippen molar-refractivity contribution < 1.29 is 13.6 Å². The van der Waals surface area contributed by atoms with E-state index in [4.69, 9.17) is 0 Å². The lowest BCUT2D eigenvalue weighted by Crippen LogP contribution is -2.26. The SMILES string of the molecule is O=C(Cc1ccc(F)cc1F)NCc1nnc2ccc(-c3ccsc3)nn12. The van der Waals surface area contributed by atoms with Crippen LogP contribution in [0.2, 0.25) is 0 Å². The minimum absolute atomic E-state index is 0.0862. The first-order valence-electron chi connectivity index (χ1n) is 8.05. The Morgan fingerprint density at radius 2 is 2.04 bits per heavy atom. The molecule has 0 saturated heterocycles. The number of thiophene rings is 1. The molecule has 27 heavy (non-hydrogen) atoms. The molecule has 0 radical (unpaired) electrons. The molecule has 1 amide bonds. The molecule has 0 unspecified atom stereocenters. The Bertz CT molecular complexity index is 1110. The van der Waals surface area contributed by atoms with Crippen LogP contribution in [-0.2, 0) is 17.8 Å². The Morgan fingerprint density at radius 1 is 1.15 bits per heavy atom. The van der Waals surface area contributed by atoms with Crippen LogP contribution in [0.25, 0.3) is 16.9 Å². The van der Waals surface area contributed by atoms with Crippen molar-refractivity contribution in [1.82, 2.24) is 25.1 Å². The predicted octanol–water partition coefficient (Wildman–Crippen LogP) is 2.99. The second-order valence-electron chi connectivity index (χ2n) is 5.81. The van der Waals surface area contributed by atoms with Gasteiger partial charge in [0.15, 0.2) is 11.5 Å². The molecule has 0 saturated carbocycles. The molecule has 0 bridgehead atoms. The van der Waals surface area contributed by atoms with Crippen molar-refractivity contribution in [2.75, 3.05) is 0 Å². The van der Waals surface area contributed by atoms with E-state index in [1.54, 1.807) is 21.9 Å². The largest absolute Gasteiger partial charge is 0.348 e. The minimum atomic E-state index is -0.750. The summed E-state index contributed by atoms with van der Waals surface area (Å²) in [6.07, 6.45) is -0.198. The van der Waals surface area contributed by atoms with Gasteiger partial charge in [-0.15, -0.1) is 10.2 Å². The molecule has 9 heteroatoms. The zero-order valence-electron chi connectivity index (χ0n) is 13.9. The number of carbonyl (C=O) groups excluding carboxylic acids is 1. The number of benzene rings is 1. The summed E-state index contributed by atoms with van der Waals surface area (Å²) in [6, 6.07) is 8.74. The van der Waals surface area contributed by atoms with Gasteiger partial charge in [0.1, 0.15) is 11.6 Å². The summed E-state index contributed by atoms with van der Waals surface area (Å²) in [6.45, 7) is 0.0862. The lowest BCUT2D eigenvalue weighted by Gasteiger charge is -2.06. The van der Waals surface area contributed by atoms with E-state index < -0.39 is 17.5 Å². The van der Waals surface area contributed by atoms with Crippen molar-refractivity contribution >= 4 is 22.9 Å². The molecule has 0 aliphatic rings. The molecule has 1 aromatic carbocycles. The molecule has 0 fully saturated rings. The average molecular weight is 385 g/mol. The average Bonchev–Trinajstić information content (AvgIpc) is 3.31. The quantitative estimate of drug-likeness (QED) is 0.573. The van der Waals surface area contributed by atoms with Gasteiger partial charge < -0.3 is 5.32 Å². The van der Waals surface area contributed by atoms with Gasteiger partial charge in [0.25, 0.3) is 0 Å². The number of rotatable bonds is 5. The van der Waals surface area contributed by atoms with Crippen LogP contribution in [0.5, 0.6) is 0 Å². The van der Waals surface area contributed by atoms with Crippen molar-refractivity contribution in [2.24, 2.45) is 0 Å². The summed E-state index contributed by atoms with van der Waals surface area (Å²) in [7, 11) is 0. The third kappa shape index (κ3) is 3.68. The van der Waals surface area contributed by atoms with Crippen molar-refractivity contribution in [3.63, 3.8) is 0 Å². The van der Waals surface area contributed by atoms with Gasteiger partial charge in [-0.2, -0.15) is 21.0 Å². The Kier molecular flexibility index (Phi) is 4.59. The Balaban J connectivity index is 1.48. The summed E-state index contributed by atoms with van der Waals surface area (Å²) in [5.41, 5.74) is 2.43. The van der Waals surface area contributed by atoms with Gasteiger partial charge >= 0.3 is 0 Å². The number of hydrogen-bond donors (Lipinski definition) is 1. The lowest BCUT2D eigenvalue weighted by molar-refractivity contribution is -0.120. The van der Waals surface area contributed by atoms with Crippen molar-refractivity contribution in [3.05, 3.63) is 70.2 Å². The van der Waals surface area contributed by atoms with Crippen molar-refractivity contribution in [2.45, 2.75) is 13.0 Å². The second kappa shape index (κ2) is 7.20. The maximum absolute atomic E-state index is 13.7. The number of amides is 1. The third-order valence-electron chi connectivity index (χ3n) is 3.95. The van der Waals surface area contributed by atoms with E-state index in [0.29, 0.717) is 11.5 Å². The van der Waals surface area contributed by atoms with Crippen LogP contribution in [-0.4, -0.2) is 25.7 Å². The summed E-state index contributed by atoms with van der Waals surface area (Å²) in [5.74, 6) is -1.39. The van der Waals surface area contributed by atoms with Crippen molar-refractivity contribution in [1.29, 1.82) is 0 Å². The zero-order valence-corrected chi connectivity index (χ0v) is 14.7. The topological polar surface area (TPSA) is 72.2 Å². The van der Waals surface area contributed by atoms with E-state index in [0.717, 1.165) is 23.4 Å². The molecule has 6 nitrogen and oxygen atoms in total. The first-order chi connectivity index (χ1) is 13.1. The van der Waals surface area contributed by atoms with Crippen LogP contribution < -0.4 is 5.32 Å². The van der Waals surface area contributed by atoms with Crippen LogP contribution >= 0.6 is 11.3 Å². The van der Waals surface area contributed by atoms with Gasteiger partial charge in [-0.3, -0.25) is 4.79 Å². The van der Waals surface area contributed by atoms with Crippen molar-refractivity contribution in [3.8, 4) is 11.3 Å². The molecule has 0 aliphatic heterocycles. The third-order valence-corrected chi connectivity index (χ3v) is 4.64. The first kappa shape index (κ1) is 17.2. The maximum Gasteiger partial charge on any atom is 0.224 e. The van der Waals surface area contributed by atoms with E-state index in [1.165, 1.54) is 6.07 Å². The highest BCUT2D eigenvalue weighted by atomic mass is 32.1. The molecule has 1 N–H and O–H groups in total. The fourth-order valence-electron chi connectivity index (χ4n) is 2.59. The lowest BCUT2D eigenvalue weighted by atomic mass is 10.1. The Morgan fingerprint density at radius 3 is 2.81 bits per heavy atom. The molecule has 3 heterocycles. The Hall–Kier alpha value is -3.20. The molecular weight excluding hydrogens is 372 g/mol. The van der Waals surface area contributed by atoms with Gasteiger partial charge in [-0.1, -0.05) is 6.07 Å². The van der Waals surface area contributed by atoms with E-state index in [9.17, 15) is 13.6 Å². The second-order valence-corrected chi connectivity index (χ2v) is 6.59. The normalized spacial score (nSPS) is 11.0. The molecule has 3 aromatic heterocycles. The highest BCUT2D eigenvalue weighted by Gasteiger charge is 2.12. The highest BCUT2D eigenvalue weighted by Crippen LogP contribution is 2.20. The molecule has 0 spiro atoms. The van der Waals surface area contributed by atoms with Crippen LogP contribution in [0.1, 0.15) is 11.4 Å². The van der Waals surface area contributed by atoms with E-state index in [1.807, 2.05) is 22.9 Å². The first-order valence-corrected chi connectivity index (χ1v) is 8.99. The summed E-state index contributed by atoms with van der Waals surface area (Å²) < 4.78 is 28.2. The number of hydrogen-bond acceptors (Lipinski definition) is 5. The highest BCUT2D eigenvalue weighted by molar-refractivity contribution is 7.08. The van der Waals surface area contributed by atoms with Gasteiger partial charge in [0.05, 0.1) is 18.7 Å². The molecule has 0 aliphatic carbocycles. The molecule has 136 valence electrons. The molecule has 4 rings (SSSR count). The number of fused-ring (bicyclic) bond motifs is 1. The number of nitrogens with zero attached hydrogens (tertiary/aromatic N) is 4. The molecular formula is C18H13F2N5OS. The number of halogens is 2. The van der Waals surface area contributed by atoms with Crippen LogP contribution in [0.15, 0.2) is 47.2 Å². The zero-order chi connectivity index (χ0) is 18.8. The van der Waals surface area contributed by atoms with Crippen LogP contribution in [0.4, 0.5) is 8.78 Å². The van der Waals surface area contributed by atoms with E-state index in [2.05, 4.69) is 20.6 Å². The standard InChI is InChI=1S/C18H13F2N5OS/c19-13-2-1-11(14(20)8-13)7-18(26)21-9-17-23-22-16-4-3-15(24-25(16)17)12-5-6-27-10-12/h1-6,8,10H,7,9H2,(H,21,26). The maximum atomic E-state index is 13.7. The fourth-order valence-corrected chi connectivity index (χ4v) is 3.24. The van der Waals surface area contributed by atoms with Crippen LogP contribution in [0.3, 0.4) is 0 Å². The van der Waals surface area contributed by atoms with E-state index in [-0.39, 0.29) is 18.5 Å². The van der Waals surface area contributed by atoms with Gasteiger partial charge in [-0.05, 0) is 35.2 Å². The van der Waals surface area contributed by atoms with Crippen LogP contribution in [0, 0.1) is 11.6 Å². The van der Waals surface area contributed by atoms with Gasteiger partial charge in [-0.25, -0.2) is 8.78 Å². The Labute approximate surface area is 156 Å². The van der Waals surface area contributed by atoms with Gasteiger partial charge in [0.2, 0.25) is 5.91 Å². The number of nitrogens with one attached hydrogen (secondary N) is 1. The number of carbonyl (C=O) groups is 1. The number of aromatic nitrogens is 4. The minimum Gasteiger partial charge on any atom is -0.348 e.